The summed E-state index contributed by atoms with van der Waals surface area (Å²) in [5.74, 6) is -3.23. The quantitative estimate of drug-likeness (QED) is 0.155. The number of nitrogens with zero attached hydrogens (tertiary/aromatic N) is 2. The summed E-state index contributed by atoms with van der Waals surface area (Å²) in [5.41, 5.74) is 0.494. The van der Waals surface area contributed by atoms with E-state index in [4.69, 9.17) is 14.2 Å². The third kappa shape index (κ3) is 7.11. The van der Waals surface area contributed by atoms with Gasteiger partial charge in [0.25, 0.3) is 5.91 Å². The highest BCUT2D eigenvalue weighted by Crippen LogP contribution is 2.60. The van der Waals surface area contributed by atoms with Gasteiger partial charge in [0.15, 0.2) is 0 Å². The number of fused-ring (bicyclic) bond motifs is 1. The van der Waals surface area contributed by atoms with Crippen LogP contribution in [0.15, 0.2) is 110 Å². The molecular formula is C42H47N3O8. The van der Waals surface area contributed by atoms with E-state index in [0.717, 1.165) is 0 Å². The molecule has 0 radical (unpaired) electrons. The predicted molar refractivity (Wildman–Crippen MR) is 199 cm³/mol. The van der Waals surface area contributed by atoms with Gasteiger partial charge in [-0.05, 0) is 61.6 Å². The molecule has 0 aliphatic carbocycles. The van der Waals surface area contributed by atoms with Gasteiger partial charge in [-0.25, -0.2) is 0 Å². The number of carbonyl (C=O) groups excluding carboxylic acids is 4. The Balaban J connectivity index is 1.39. The Morgan fingerprint density at radius 3 is 2.28 bits per heavy atom. The molecule has 0 unspecified atom stereocenters. The van der Waals surface area contributed by atoms with Gasteiger partial charge >= 0.3 is 5.97 Å². The van der Waals surface area contributed by atoms with Crippen LogP contribution < -0.4 is 15.0 Å². The van der Waals surface area contributed by atoms with Crippen LogP contribution >= 0.6 is 0 Å². The fourth-order valence-corrected chi connectivity index (χ4v) is 8.31. The van der Waals surface area contributed by atoms with Gasteiger partial charge in [-0.15, -0.1) is 13.2 Å². The molecule has 3 heterocycles. The second kappa shape index (κ2) is 16.2. The molecule has 278 valence electrons. The Morgan fingerprint density at radius 2 is 1.68 bits per heavy atom. The van der Waals surface area contributed by atoms with Gasteiger partial charge in [-0.3, -0.25) is 19.2 Å². The summed E-state index contributed by atoms with van der Waals surface area (Å²) < 4.78 is 18.3. The summed E-state index contributed by atoms with van der Waals surface area (Å²) in [6.07, 6.45) is 3.22. The molecule has 11 nitrogen and oxygen atoms in total. The fraction of sp³-hybridized carbons (Fsp3) is 0.381. The van der Waals surface area contributed by atoms with E-state index in [-0.39, 0.29) is 18.9 Å². The average molecular weight is 722 g/mol. The van der Waals surface area contributed by atoms with Crippen molar-refractivity contribution in [3.8, 4) is 5.75 Å². The van der Waals surface area contributed by atoms with Crippen molar-refractivity contribution in [2.75, 3.05) is 25.2 Å². The topological polar surface area (TPSA) is 135 Å². The summed E-state index contributed by atoms with van der Waals surface area (Å²) in [7, 11) is 1.56. The highest BCUT2D eigenvalue weighted by Gasteiger charge is 2.76. The molecule has 3 saturated heterocycles. The number of amides is 3. The normalized spacial score (nSPS) is 24.4. The van der Waals surface area contributed by atoms with Crippen LogP contribution in [0.4, 0.5) is 5.69 Å². The molecule has 53 heavy (non-hydrogen) atoms. The lowest BCUT2D eigenvalue weighted by Gasteiger charge is -2.39. The SMILES string of the molecule is C=CCCC(=O)N[C@@H](C)[C@H](OC(=O)[C@@H]1[C@H]2C(=O)N([C@H](CO)c3ccccc3)[C@H](C(=O)N(CC=C)c3ccc(OC)cc3)[C@]23CC[C@H]1O3)c1ccccc1. The predicted octanol–water partition coefficient (Wildman–Crippen LogP) is 5.08. The van der Waals surface area contributed by atoms with Gasteiger partial charge in [-0.2, -0.15) is 0 Å². The number of ether oxygens (including phenoxy) is 3. The van der Waals surface area contributed by atoms with E-state index in [2.05, 4.69) is 18.5 Å². The van der Waals surface area contributed by atoms with Gasteiger partial charge < -0.3 is 34.4 Å². The molecule has 3 amide bonds. The van der Waals surface area contributed by atoms with Crippen LogP contribution in [0.2, 0.25) is 0 Å². The van der Waals surface area contributed by atoms with Crippen molar-refractivity contribution < 1.29 is 38.5 Å². The van der Waals surface area contributed by atoms with Crippen molar-refractivity contribution in [2.24, 2.45) is 11.8 Å². The average Bonchev–Trinajstić information content (AvgIpc) is 3.83. The molecule has 3 aromatic rings. The highest BCUT2D eigenvalue weighted by molar-refractivity contribution is 6.05. The fourth-order valence-electron chi connectivity index (χ4n) is 8.31. The standard InChI is InChI=1S/C42H47N3O8/c1-5-7-18-34(47)43-27(3)37(29-16-12-9-13-17-29)52-41(50)35-33-23-24-42(53-33)36(35)39(48)45(32(26-46)28-14-10-8-11-15-28)38(42)40(49)44(25-6-2)30-19-21-31(51-4)22-20-30/h5-6,8-17,19-22,27,32-33,35-38,46H,1-2,7,18,23-26H2,3-4H3,(H,43,47)/t27-,32+,33+,35-,36-,37-,38+,42-/m0/s1. The van der Waals surface area contributed by atoms with Gasteiger partial charge in [0.2, 0.25) is 11.8 Å². The van der Waals surface area contributed by atoms with Gasteiger partial charge in [-0.1, -0.05) is 72.8 Å². The number of benzene rings is 3. The number of allylic oxidation sites excluding steroid dienone is 1. The van der Waals surface area contributed by atoms with Crippen LogP contribution in [0.25, 0.3) is 0 Å². The molecular weight excluding hydrogens is 674 g/mol. The number of carbonyl (C=O) groups is 4. The van der Waals surface area contributed by atoms with Crippen LogP contribution in [-0.2, 0) is 28.7 Å². The monoisotopic (exact) mass is 721 g/mol. The smallest absolute Gasteiger partial charge is 0.313 e. The van der Waals surface area contributed by atoms with Crippen molar-refractivity contribution in [3.63, 3.8) is 0 Å². The Hall–Kier alpha value is -5.26. The molecule has 3 aliphatic heterocycles. The van der Waals surface area contributed by atoms with E-state index >= 15 is 4.79 Å². The first-order valence-electron chi connectivity index (χ1n) is 18.1. The second-order valence-electron chi connectivity index (χ2n) is 13.8. The maximum atomic E-state index is 15.1. The Labute approximate surface area is 310 Å². The van der Waals surface area contributed by atoms with Crippen LogP contribution in [0.5, 0.6) is 5.75 Å². The van der Waals surface area contributed by atoms with E-state index < -0.39 is 72.2 Å². The number of methoxy groups -OCH3 is 1. The molecule has 0 saturated carbocycles. The minimum absolute atomic E-state index is 0.129. The molecule has 3 aliphatic rings. The van der Waals surface area contributed by atoms with Crippen LogP contribution in [0.3, 0.4) is 0 Å². The van der Waals surface area contributed by atoms with E-state index in [1.54, 1.807) is 79.6 Å². The minimum atomic E-state index is -1.37. The molecule has 3 fully saturated rings. The zero-order valence-corrected chi connectivity index (χ0v) is 30.1. The number of likely N-dealkylation sites (tertiary alicyclic amines) is 1. The van der Waals surface area contributed by atoms with Crippen molar-refractivity contribution in [1.29, 1.82) is 0 Å². The molecule has 2 N–H and O–H groups in total. The Morgan fingerprint density at radius 1 is 1.02 bits per heavy atom. The maximum Gasteiger partial charge on any atom is 0.313 e. The first-order valence-corrected chi connectivity index (χ1v) is 18.1. The summed E-state index contributed by atoms with van der Waals surface area (Å²) >= 11 is 0. The van der Waals surface area contributed by atoms with Crippen LogP contribution in [-0.4, -0.2) is 77.7 Å². The number of rotatable bonds is 16. The van der Waals surface area contributed by atoms with E-state index in [1.165, 1.54) is 4.90 Å². The first-order chi connectivity index (χ1) is 25.7. The lowest BCUT2D eigenvalue weighted by Crippen LogP contribution is -2.57. The zero-order valence-electron chi connectivity index (χ0n) is 30.1. The number of anilines is 1. The number of nitrogens with one attached hydrogen (secondary N) is 1. The molecule has 0 aromatic heterocycles. The van der Waals surface area contributed by atoms with Crippen molar-refractivity contribution in [1.82, 2.24) is 10.2 Å². The van der Waals surface area contributed by atoms with Gasteiger partial charge in [0, 0.05) is 18.7 Å². The summed E-state index contributed by atoms with van der Waals surface area (Å²) in [5, 5.41) is 13.8. The minimum Gasteiger partial charge on any atom is -0.497 e. The first kappa shape index (κ1) is 37.5. The number of aliphatic hydroxyl groups is 1. The molecule has 3 aromatic carbocycles. The zero-order chi connectivity index (χ0) is 37.7. The number of hydrogen-bond donors (Lipinski definition) is 2. The van der Waals surface area contributed by atoms with E-state index in [9.17, 15) is 19.5 Å². The largest absolute Gasteiger partial charge is 0.497 e. The van der Waals surface area contributed by atoms with Gasteiger partial charge in [0.05, 0.1) is 43.7 Å². The summed E-state index contributed by atoms with van der Waals surface area (Å²) in [4.78, 5) is 60.2. The van der Waals surface area contributed by atoms with Crippen LogP contribution in [0, 0.1) is 11.8 Å². The van der Waals surface area contributed by atoms with Crippen molar-refractivity contribution in [3.05, 3.63) is 121 Å². The lowest BCUT2D eigenvalue weighted by molar-refractivity contribution is -0.162. The second-order valence-corrected chi connectivity index (χ2v) is 13.8. The van der Waals surface area contributed by atoms with E-state index in [0.29, 0.717) is 41.8 Å². The molecule has 8 atom stereocenters. The third-order valence-electron chi connectivity index (χ3n) is 10.7. The number of hydrogen-bond acceptors (Lipinski definition) is 8. The van der Waals surface area contributed by atoms with E-state index in [1.807, 2.05) is 36.4 Å². The molecule has 6 rings (SSSR count). The number of aliphatic hydroxyl groups excluding tert-OH is 1. The lowest BCUT2D eigenvalue weighted by atomic mass is 9.70. The summed E-state index contributed by atoms with van der Waals surface area (Å²) in [6.45, 7) is 9.00. The Kier molecular flexibility index (Phi) is 11.4. The molecule has 11 heteroatoms. The molecule has 2 bridgehead atoms. The van der Waals surface area contributed by atoms with Crippen molar-refractivity contribution in [2.45, 2.75) is 68.5 Å². The third-order valence-corrected chi connectivity index (χ3v) is 10.7. The number of esters is 1. The van der Waals surface area contributed by atoms with Gasteiger partial charge in [0.1, 0.15) is 23.5 Å². The molecule has 1 spiro atoms. The van der Waals surface area contributed by atoms with Crippen molar-refractivity contribution >= 4 is 29.4 Å². The van der Waals surface area contributed by atoms with Crippen LogP contribution in [0.1, 0.15) is 55.9 Å². The summed E-state index contributed by atoms with van der Waals surface area (Å²) in [6, 6.07) is 22.5. The highest BCUT2D eigenvalue weighted by atomic mass is 16.6. The Bertz CT molecular complexity index is 1800. The maximum absolute atomic E-state index is 15.1.